The Morgan fingerprint density at radius 2 is 1.83 bits per heavy atom. The quantitative estimate of drug-likeness (QED) is 0.548. The second-order valence-electron chi connectivity index (χ2n) is 9.51. The standard InChI is InChI=1S/C27H32N6O3/c34-25(15-24-29-27(31-30-24)20-9-3-1-4-10-20)32-16-23(36-19-21-11-7-8-14-28-21)17-33(26(35)18-32)22-12-5-2-6-13-22/h1,3-4,7-11,14,22-23H,2,5-6,12-13,15-19H2,(H,29,30,31). The number of hydrogen-bond acceptors (Lipinski definition) is 6. The third-order valence-electron chi connectivity index (χ3n) is 6.91. The summed E-state index contributed by atoms with van der Waals surface area (Å²) >= 11 is 0. The Kier molecular flexibility index (Phi) is 7.66. The molecule has 5 rings (SSSR count). The zero-order chi connectivity index (χ0) is 24.7. The molecular weight excluding hydrogens is 456 g/mol. The molecule has 9 heteroatoms. The third kappa shape index (κ3) is 5.96. The molecule has 1 atom stereocenters. The maximum Gasteiger partial charge on any atom is 0.242 e. The molecular formula is C27H32N6O3. The van der Waals surface area contributed by atoms with Gasteiger partial charge in [-0.15, -0.1) is 0 Å². The fourth-order valence-corrected chi connectivity index (χ4v) is 5.02. The number of carbonyl (C=O) groups is 2. The number of aromatic amines is 1. The van der Waals surface area contributed by atoms with E-state index in [0.717, 1.165) is 36.9 Å². The first kappa shape index (κ1) is 24.1. The van der Waals surface area contributed by atoms with Crippen molar-refractivity contribution < 1.29 is 14.3 Å². The number of H-pyrrole nitrogens is 1. The molecule has 0 bridgehead atoms. The maximum absolute atomic E-state index is 13.3. The van der Waals surface area contributed by atoms with Gasteiger partial charge in [0.25, 0.3) is 0 Å². The van der Waals surface area contributed by atoms with Crippen molar-refractivity contribution in [3.63, 3.8) is 0 Å². The molecule has 36 heavy (non-hydrogen) atoms. The Morgan fingerprint density at radius 1 is 1.03 bits per heavy atom. The molecule has 2 aromatic heterocycles. The highest BCUT2D eigenvalue weighted by Crippen LogP contribution is 2.25. The van der Waals surface area contributed by atoms with Crippen molar-refractivity contribution in [2.75, 3.05) is 19.6 Å². The lowest BCUT2D eigenvalue weighted by Crippen LogP contribution is -2.46. The number of hydrogen-bond donors (Lipinski definition) is 1. The first-order valence-corrected chi connectivity index (χ1v) is 12.7. The molecule has 0 radical (unpaired) electrons. The van der Waals surface area contributed by atoms with E-state index in [4.69, 9.17) is 4.74 Å². The van der Waals surface area contributed by atoms with E-state index in [9.17, 15) is 9.59 Å². The Labute approximate surface area is 210 Å². The molecule has 1 N–H and O–H groups in total. The Morgan fingerprint density at radius 3 is 2.61 bits per heavy atom. The van der Waals surface area contributed by atoms with Crippen LogP contribution in [0.5, 0.6) is 0 Å². The average Bonchev–Trinajstić information content (AvgIpc) is 3.32. The van der Waals surface area contributed by atoms with Crippen LogP contribution in [0.1, 0.15) is 43.6 Å². The number of nitrogens with one attached hydrogen (secondary N) is 1. The molecule has 1 unspecified atom stereocenters. The van der Waals surface area contributed by atoms with Gasteiger partial charge in [0.15, 0.2) is 5.82 Å². The molecule has 3 aromatic rings. The van der Waals surface area contributed by atoms with E-state index in [-0.39, 0.29) is 36.9 Å². The molecule has 2 fully saturated rings. The van der Waals surface area contributed by atoms with E-state index in [2.05, 4.69) is 20.2 Å². The topological polar surface area (TPSA) is 104 Å². The first-order chi connectivity index (χ1) is 17.7. The molecule has 1 aliphatic carbocycles. The van der Waals surface area contributed by atoms with Crippen LogP contribution in [0.4, 0.5) is 0 Å². The summed E-state index contributed by atoms with van der Waals surface area (Å²) in [4.78, 5) is 39.0. The molecule has 188 valence electrons. The van der Waals surface area contributed by atoms with E-state index >= 15 is 0 Å². The average molecular weight is 489 g/mol. The number of amides is 2. The highest BCUT2D eigenvalue weighted by atomic mass is 16.5. The number of aromatic nitrogens is 4. The molecule has 9 nitrogen and oxygen atoms in total. The zero-order valence-electron chi connectivity index (χ0n) is 20.4. The summed E-state index contributed by atoms with van der Waals surface area (Å²) < 4.78 is 6.22. The molecule has 2 amide bonds. The van der Waals surface area contributed by atoms with E-state index in [1.165, 1.54) is 6.42 Å². The van der Waals surface area contributed by atoms with Gasteiger partial charge in [0.2, 0.25) is 11.8 Å². The van der Waals surface area contributed by atoms with Crippen molar-refractivity contribution in [1.29, 1.82) is 0 Å². The number of nitrogens with zero attached hydrogens (tertiary/aromatic N) is 5. The van der Waals surface area contributed by atoms with Crippen molar-refractivity contribution >= 4 is 11.8 Å². The van der Waals surface area contributed by atoms with E-state index in [1.807, 2.05) is 53.4 Å². The summed E-state index contributed by atoms with van der Waals surface area (Å²) in [7, 11) is 0. The van der Waals surface area contributed by atoms with Crippen LogP contribution >= 0.6 is 0 Å². The van der Waals surface area contributed by atoms with Crippen LogP contribution < -0.4 is 0 Å². The van der Waals surface area contributed by atoms with Crippen LogP contribution in [-0.4, -0.2) is 73.6 Å². The van der Waals surface area contributed by atoms with Crippen LogP contribution in [-0.2, 0) is 27.4 Å². The smallest absolute Gasteiger partial charge is 0.242 e. The monoisotopic (exact) mass is 488 g/mol. The lowest BCUT2D eigenvalue weighted by molar-refractivity contribution is -0.140. The van der Waals surface area contributed by atoms with Gasteiger partial charge in [0, 0.05) is 30.9 Å². The normalized spacial score (nSPS) is 19.3. The summed E-state index contributed by atoms with van der Waals surface area (Å²) in [5.41, 5.74) is 1.70. The van der Waals surface area contributed by atoms with Gasteiger partial charge in [-0.25, -0.2) is 4.98 Å². The highest BCUT2D eigenvalue weighted by Gasteiger charge is 2.35. The van der Waals surface area contributed by atoms with Crippen LogP contribution in [0.2, 0.25) is 0 Å². The van der Waals surface area contributed by atoms with Crippen LogP contribution in [0, 0.1) is 0 Å². The molecule has 2 aliphatic rings. The van der Waals surface area contributed by atoms with Crippen molar-refractivity contribution in [3.05, 3.63) is 66.2 Å². The minimum Gasteiger partial charge on any atom is -0.368 e. The summed E-state index contributed by atoms with van der Waals surface area (Å²) in [6.07, 6.45) is 6.98. The van der Waals surface area contributed by atoms with E-state index in [1.54, 1.807) is 11.1 Å². The lowest BCUT2D eigenvalue weighted by Gasteiger charge is -2.34. The molecule has 3 heterocycles. The first-order valence-electron chi connectivity index (χ1n) is 12.7. The van der Waals surface area contributed by atoms with Crippen molar-refractivity contribution in [2.45, 2.75) is 57.3 Å². The molecule has 1 saturated heterocycles. The predicted octanol–water partition coefficient (Wildman–Crippen LogP) is 3.00. The Bertz CT molecular complexity index is 1150. The fourth-order valence-electron chi connectivity index (χ4n) is 5.02. The summed E-state index contributed by atoms with van der Waals surface area (Å²) in [5, 5.41) is 7.13. The van der Waals surface area contributed by atoms with Gasteiger partial charge in [-0.3, -0.25) is 19.7 Å². The third-order valence-corrected chi connectivity index (χ3v) is 6.91. The van der Waals surface area contributed by atoms with E-state index < -0.39 is 0 Å². The van der Waals surface area contributed by atoms with Gasteiger partial charge in [0.05, 0.1) is 31.4 Å². The van der Waals surface area contributed by atoms with Gasteiger partial charge in [-0.05, 0) is 25.0 Å². The Hall–Kier alpha value is -3.59. The van der Waals surface area contributed by atoms with Gasteiger partial charge in [0.1, 0.15) is 5.82 Å². The van der Waals surface area contributed by atoms with Crippen LogP contribution in [0.25, 0.3) is 11.4 Å². The molecule has 1 aromatic carbocycles. The second kappa shape index (κ2) is 11.4. The van der Waals surface area contributed by atoms with Gasteiger partial charge in [-0.2, -0.15) is 5.10 Å². The van der Waals surface area contributed by atoms with Gasteiger partial charge in [-0.1, -0.05) is 55.7 Å². The lowest BCUT2D eigenvalue weighted by atomic mass is 9.94. The number of benzene rings is 1. The SMILES string of the molecule is O=C(Cc1nc(-c2ccccc2)n[nH]1)N1CC(=O)N(C2CCCCC2)CC(OCc2ccccn2)C1. The zero-order valence-corrected chi connectivity index (χ0v) is 20.4. The number of pyridine rings is 1. The van der Waals surface area contributed by atoms with Crippen LogP contribution in [0.15, 0.2) is 54.7 Å². The minimum absolute atomic E-state index is 0.0123. The number of ether oxygens (including phenoxy) is 1. The minimum atomic E-state index is -0.293. The second-order valence-corrected chi connectivity index (χ2v) is 9.51. The summed E-state index contributed by atoms with van der Waals surface area (Å²) in [6, 6.07) is 15.5. The molecule has 0 spiro atoms. The van der Waals surface area contributed by atoms with Gasteiger partial charge >= 0.3 is 0 Å². The number of rotatable bonds is 7. The van der Waals surface area contributed by atoms with Gasteiger partial charge < -0.3 is 14.5 Å². The molecule has 1 saturated carbocycles. The largest absolute Gasteiger partial charge is 0.368 e. The Balaban J connectivity index is 1.29. The fraction of sp³-hybridized carbons (Fsp3) is 0.444. The molecule has 1 aliphatic heterocycles. The number of carbonyl (C=O) groups excluding carboxylic acids is 2. The van der Waals surface area contributed by atoms with Crippen molar-refractivity contribution in [3.8, 4) is 11.4 Å². The van der Waals surface area contributed by atoms with E-state index in [0.29, 0.717) is 31.3 Å². The summed E-state index contributed by atoms with van der Waals surface area (Å²) in [6.45, 7) is 1.22. The summed E-state index contributed by atoms with van der Waals surface area (Å²) in [5.74, 6) is 0.841. The predicted molar refractivity (Wildman–Crippen MR) is 134 cm³/mol. The van der Waals surface area contributed by atoms with Crippen LogP contribution in [0.3, 0.4) is 0 Å². The van der Waals surface area contributed by atoms with Crippen molar-refractivity contribution in [2.24, 2.45) is 0 Å². The van der Waals surface area contributed by atoms with Crippen molar-refractivity contribution in [1.82, 2.24) is 30.0 Å². The maximum atomic E-state index is 13.3. The highest BCUT2D eigenvalue weighted by molar-refractivity contribution is 5.86.